The van der Waals surface area contributed by atoms with E-state index in [0.717, 1.165) is 11.3 Å². The Morgan fingerprint density at radius 2 is 2.19 bits per heavy atom. The van der Waals surface area contributed by atoms with Gasteiger partial charge in [0.15, 0.2) is 0 Å². The van der Waals surface area contributed by atoms with Gasteiger partial charge in [-0.3, -0.25) is 25.0 Å². The number of rotatable bonds is 8. The van der Waals surface area contributed by atoms with Crippen molar-refractivity contribution in [3.63, 3.8) is 0 Å². The monoisotopic (exact) mass is 396 g/mol. The number of hydrogen-bond donors (Lipinski definition) is 1. The summed E-state index contributed by atoms with van der Waals surface area (Å²) in [5, 5.41) is 21.7. The Morgan fingerprint density at radius 1 is 1.42 bits per heavy atom. The average Bonchev–Trinajstić information content (AvgIpc) is 3.10. The highest BCUT2D eigenvalue weighted by atomic mass is 32.2. The zero-order chi connectivity index (χ0) is 19.1. The molecule has 138 valence electrons. The molecule has 2 aromatic rings. The molecule has 0 saturated carbocycles. The number of nitrogens with zero attached hydrogens (tertiary/aromatic N) is 3. The fourth-order valence-electron chi connectivity index (χ4n) is 1.94. The lowest BCUT2D eigenvalue weighted by molar-refractivity contribution is -0.384. The van der Waals surface area contributed by atoms with Crippen molar-refractivity contribution in [3.8, 4) is 10.6 Å². The highest BCUT2D eigenvalue weighted by Gasteiger charge is 2.20. The van der Waals surface area contributed by atoms with Gasteiger partial charge in [-0.2, -0.15) is 0 Å². The van der Waals surface area contributed by atoms with Crippen molar-refractivity contribution < 1.29 is 19.2 Å². The van der Waals surface area contributed by atoms with E-state index in [2.05, 4.69) is 20.3 Å². The quantitative estimate of drug-likeness (QED) is 0.410. The van der Waals surface area contributed by atoms with Gasteiger partial charge in [-0.25, -0.2) is 0 Å². The van der Waals surface area contributed by atoms with Gasteiger partial charge in [0.25, 0.3) is 5.69 Å². The van der Waals surface area contributed by atoms with E-state index in [1.165, 1.54) is 31.0 Å². The van der Waals surface area contributed by atoms with E-state index in [9.17, 15) is 19.7 Å². The molecule has 0 spiro atoms. The molecule has 0 bridgehead atoms. The van der Waals surface area contributed by atoms with E-state index in [0.29, 0.717) is 17.0 Å². The second kappa shape index (κ2) is 9.25. The van der Waals surface area contributed by atoms with Crippen molar-refractivity contribution in [2.45, 2.75) is 18.6 Å². The van der Waals surface area contributed by atoms with E-state index in [4.69, 9.17) is 0 Å². The number of amides is 1. The fourth-order valence-corrected chi connectivity index (χ4v) is 3.58. The van der Waals surface area contributed by atoms with E-state index in [1.54, 1.807) is 12.1 Å². The number of aromatic nitrogens is 2. The third-order valence-electron chi connectivity index (χ3n) is 3.25. The van der Waals surface area contributed by atoms with Crippen LogP contribution in [0.25, 0.3) is 10.6 Å². The number of thioether (sulfide) groups is 1. The van der Waals surface area contributed by atoms with Gasteiger partial charge in [0.1, 0.15) is 5.01 Å². The van der Waals surface area contributed by atoms with E-state index in [-0.39, 0.29) is 22.5 Å². The highest BCUT2D eigenvalue weighted by molar-refractivity contribution is 8.01. The summed E-state index contributed by atoms with van der Waals surface area (Å²) in [6.07, 6.45) is 0.532. The molecule has 1 N–H and O–H groups in total. The van der Waals surface area contributed by atoms with Crippen LogP contribution in [0.3, 0.4) is 0 Å². The predicted octanol–water partition coefficient (Wildman–Crippen LogP) is 2.74. The number of ether oxygens (including phenoxy) is 1. The molecular weight excluding hydrogens is 380 g/mol. The van der Waals surface area contributed by atoms with Crippen LogP contribution in [0.5, 0.6) is 0 Å². The van der Waals surface area contributed by atoms with Crippen LogP contribution in [-0.4, -0.2) is 45.1 Å². The number of hydrogen-bond acceptors (Lipinski definition) is 9. The number of esters is 1. The molecule has 0 radical (unpaired) electrons. The summed E-state index contributed by atoms with van der Waals surface area (Å²) in [5.74, 6) is -0.606. The number of nitro benzene ring substituents is 1. The van der Waals surface area contributed by atoms with Crippen LogP contribution in [0.15, 0.2) is 24.3 Å². The maximum Gasteiger partial charge on any atom is 0.315 e. The van der Waals surface area contributed by atoms with Crippen LogP contribution in [0.1, 0.15) is 13.3 Å². The normalized spacial score (nSPS) is 11.6. The highest BCUT2D eigenvalue weighted by Crippen LogP contribution is 2.29. The Hall–Kier alpha value is -2.53. The molecule has 1 aromatic heterocycles. The summed E-state index contributed by atoms with van der Waals surface area (Å²) in [5.41, 5.74) is 0.498. The molecule has 0 unspecified atom stereocenters. The summed E-state index contributed by atoms with van der Waals surface area (Å²) in [6, 6.07) is 6.02. The molecule has 11 heteroatoms. The van der Waals surface area contributed by atoms with Gasteiger partial charge in [0, 0.05) is 17.7 Å². The van der Waals surface area contributed by atoms with Gasteiger partial charge in [-0.15, -0.1) is 22.0 Å². The van der Waals surface area contributed by atoms with E-state index < -0.39 is 16.1 Å². The Bertz CT molecular complexity index is 811. The molecule has 1 amide bonds. The molecule has 1 aromatic carbocycles. The molecule has 2 rings (SSSR count). The van der Waals surface area contributed by atoms with Crippen molar-refractivity contribution in [3.05, 3.63) is 34.4 Å². The first kappa shape index (κ1) is 19.8. The number of nitro groups is 1. The van der Waals surface area contributed by atoms with Crippen LogP contribution < -0.4 is 5.32 Å². The molecule has 1 atom stereocenters. The van der Waals surface area contributed by atoms with Crippen molar-refractivity contribution >= 4 is 45.8 Å². The van der Waals surface area contributed by atoms with Crippen LogP contribution in [0.2, 0.25) is 0 Å². The van der Waals surface area contributed by atoms with Crippen molar-refractivity contribution in [1.29, 1.82) is 0 Å². The maximum absolute atomic E-state index is 12.3. The summed E-state index contributed by atoms with van der Waals surface area (Å²) in [4.78, 5) is 33.9. The largest absolute Gasteiger partial charge is 0.468 e. The molecule has 0 fully saturated rings. The van der Waals surface area contributed by atoms with Gasteiger partial charge in [0.05, 0.1) is 23.0 Å². The molecule has 0 aliphatic heterocycles. The number of carbonyl (C=O) groups excluding carboxylic acids is 2. The standard InChI is InChI=1S/C15H16N4O5S2/c1-3-11(25-8-12(20)24-2)13(21)16-15-18-17-14(26-15)9-5-4-6-10(7-9)19(22)23/h4-7,11H,3,8H2,1-2H3,(H,16,18,21)/t11-/m0/s1. The maximum atomic E-state index is 12.3. The number of methoxy groups -OCH3 is 1. The summed E-state index contributed by atoms with van der Waals surface area (Å²) in [6.45, 7) is 1.84. The zero-order valence-corrected chi connectivity index (χ0v) is 15.6. The Morgan fingerprint density at radius 3 is 2.85 bits per heavy atom. The lowest BCUT2D eigenvalue weighted by Crippen LogP contribution is -2.25. The topological polar surface area (TPSA) is 124 Å². The van der Waals surface area contributed by atoms with Gasteiger partial charge in [0.2, 0.25) is 11.0 Å². The van der Waals surface area contributed by atoms with Crippen LogP contribution in [0.4, 0.5) is 10.8 Å². The smallest absolute Gasteiger partial charge is 0.315 e. The third kappa shape index (κ3) is 5.23. The SMILES string of the molecule is CC[C@H](SCC(=O)OC)C(=O)Nc1nnc(-c2cccc([N+](=O)[O-])c2)s1. The van der Waals surface area contributed by atoms with Gasteiger partial charge < -0.3 is 4.74 Å². The first-order valence-corrected chi connectivity index (χ1v) is 9.38. The zero-order valence-electron chi connectivity index (χ0n) is 14.0. The Kier molecular flexibility index (Phi) is 7.04. The van der Waals surface area contributed by atoms with Crippen LogP contribution in [0, 0.1) is 10.1 Å². The third-order valence-corrected chi connectivity index (χ3v) is 5.49. The molecule has 0 aliphatic carbocycles. The van der Waals surface area contributed by atoms with Crippen LogP contribution >= 0.6 is 23.1 Å². The first-order chi connectivity index (χ1) is 12.4. The lowest BCUT2D eigenvalue weighted by atomic mass is 10.2. The van der Waals surface area contributed by atoms with E-state index >= 15 is 0 Å². The van der Waals surface area contributed by atoms with Crippen molar-refractivity contribution in [2.24, 2.45) is 0 Å². The summed E-state index contributed by atoms with van der Waals surface area (Å²) >= 11 is 2.30. The minimum atomic E-state index is -0.488. The Balaban J connectivity index is 2.05. The van der Waals surface area contributed by atoms with Crippen molar-refractivity contribution in [2.75, 3.05) is 18.2 Å². The Labute approximate surface area is 157 Å². The minimum absolute atomic E-state index is 0.0476. The average molecular weight is 396 g/mol. The molecule has 9 nitrogen and oxygen atoms in total. The van der Waals surface area contributed by atoms with Gasteiger partial charge >= 0.3 is 5.97 Å². The number of nitrogens with one attached hydrogen (secondary N) is 1. The van der Waals surface area contributed by atoms with Gasteiger partial charge in [-0.1, -0.05) is 30.4 Å². The fraction of sp³-hybridized carbons (Fsp3) is 0.333. The molecular formula is C15H16N4O5S2. The predicted molar refractivity (Wildman–Crippen MR) is 99.2 cm³/mol. The van der Waals surface area contributed by atoms with Crippen LogP contribution in [-0.2, 0) is 14.3 Å². The van der Waals surface area contributed by atoms with Gasteiger partial charge in [-0.05, 0) is 6.42 Å². The number of benzene rings is 1. The summed E-state index contributed by atoms with van der Waals surface area (Å²) in [7, 11) is 1.29. The minimum Gasteiger partial charge on any atom is -0.468 e. The lowest BCUT2D eigenvalue weighted by Gasteiger charge is -2.12. The number of anilines is 1. The van der Waals surface area contributed by atoms with Crippen molar-refractivity contribution in [1.82, 2.24) is 10.2 Å². The molecule has 26 heavy (non-hydrogen) atoms. The second-order valence-electron chi connectivity index (χ2n) is 4.99. The molecule has 0 saturated heterocycles. The number of carbonyl (C=O) groups is 2. The summed E-state index contributed by atoms with van der Waals surface area (Å²) < 4.78 is 4.56. The molecule has 1 heterocycles. The van der Waals surface area contributed by atoms with E-state index in [1.807, 2.05) is 6.92 Å². The first-order valence-electron chi connectivity index (χ1n) is 7.52. The second-order valence-corrected chi connectivity index (χ2v) is 7.16. The molecule has 0 aliphatic rings. The number of non-ortho nitro benzene ring substituents is 1.